The van der Waals surface area contributed by atoms with Crippen LogP contribution in [-0.2, 0) is 4.79 Å². The molecule has 10 nitrogen and oxygen atoms in total. The van der Waals surface area contributed by atoms with Gasteiger partial charge in [0.1, 0.15) is 28.0 Å². The zero-order chi connectivity index (χ0) is 33.3. The number of benzene rings is 2. The molecule has 2 aliphatic rings. The third kappa shape index (κ3) is 6.43. The number of rotatable bonds is 9. The minimum absolute atomic E-state index is 0.0719. The molecule has 240 valence electrons. The Morgan fingerprint density at radius 1 is 1.19 bits per heavy atom. The number of carbonyl (C=O) groups excluding carboxylic acids is 2. The first-order valence-corrected chi connectivity index (χ1v) is 16.3. The number of pyridine rings is 1. The highest BCUT2D eigenvalue weighted by atomic mass is 32.1. The highest BCUT2D eigenvalue weighted by molar-refractivity contribution is 7.20. The molecule has 0 aliphatic carbocycles. The number of nitrogens with one attached hydrogen (secondary N) is 3. The second-order valence-corrected chi connectivity index (χ2v) is 13.3. The molecule has 6 rings (SSSR count). The summed E-state index contributed by atoms with van der Waals surface area (Å²) in [4.78, 5) is 36.6. The van der Waals surface area contributed by atoms with Gasteiger partial charge in [0.05, 0.1) is 27.3 Å². The molecule has 2 aromatic heterocycles. The van der Waals surface area contributed by atoms with E-state index in [1.54, 1.807) is 29.1 Å². The van der Waals surface area contributed by atoms with Crippen LogP contribution in [0.2, 0.25) is 0 Å². The molecule has 0 radical (unpaired) electrons. The number of piperidine rings is 1. The van der Waals surface area contributed by atoms with Gasteiger partial charge in [-0.3, -0.25) is 9.69 Å². The fraction of sp³-hybridized carbons (Fsp3) is 0.278. The molecule has 0 saturated carbocycles. The maximum Gasteiger partial charge on any atom is 0.331 e. The molecule has 3 amide bonds. The van der Waals surface area contributed by atoms with Gasteiger partial charge in [0.25, 0.3) is 5.91 Å². The van der Waals surface area contributed by atoms with Crippen LogP contribution in [0.3, 0.4) is 0 Å². The minimum atomic E-state index is -0.489. The number of likely N-dealkylation sites (N-methyl/N-ethyl adjacent to an activating group) is 1. The van der Waals surface area contributed by atoms with Crippen LogP contribution in [0.25, 0.3) is 15.9 Å². The van der Waals surface area contributed by atoms with Gasteiger partial charge in [-0.25, -0.2) is 9.78 Å². The molecule has 1 saturated heterocycles. The Kier molecular flexibility index (Phi) is 8.73. The number of urea groups is 1. The van der Waals surface area contributed by atoms with Gasteiger partial charge >= 0.3 is 6.03 Å². The van der Waals surface area contributed by atoms with Gasteiger partial charge in [0, 0.05) is 36.6 Å². The molecule has 4 aromatic rings. The number of hydrogen-bond acceptors (Lipinski definition) is 8. The zero-order valence-corrected chi connectivity index (χ0v) is 27.7. The lowest BCUT2D eigenvalue weighted by molar-refractivity contribution is -0.128. The maximum absolute atomic E-state index is 13.8. The number of ether oxygens (including phenoxy) is 1. The van der Waals surface area contributed by atoms with Crippen molar-refractivity contribution in [3.05, 3.63) is 89.5 Å². The predicted octanol–water partition coefficient (Wildman–Crippen LogP) is 7.08. The summed E-state index contributed by atoms with van der Waals surface area (Å²) in [6.07, 6.45) is 5.02. The summed E-state index contributed by atoms with van der Waals surface area (Å²) in [5, 5.41) is 20.3. The summed E-state index contributed by atoms with van der Waals surface area (Å²) in [5.74, 6) is 1.14. The molecule has 4 heterocycles. The molecule has 2 aliphatic heterocycles. The van der Waals surface area contributed by atoms with Gasteiger partial charge in [0.2, 0.25) is 0 Å². The summed E-state index contributed by atoms with van der Waals surface area (Å²) < 4.78 is 6.01. The molecule has 2 aromatic carbocycles. The summed E-state index contributed by atoms with van der Waals surface area (Å²) >= 11 is 1.46. The molecule has 1 unspecified atom stereocenters. The number of para-hydroxylation sites is 1. The Balaban J connectivity index is 1.23. The van der Waals surface area contributed by atoms with Crippen LogP contribution < -0.4 is 25.6 Å². The van der Waals surface area contributed by atoms with Crippen molar-refractivity contribution in [3.8, 4) is 17.6 Å². The monoisotopic (exact) mass is 647 g/mol. The van der Waals surface area contributed by atoms with E-state index in [-0.39, 0.29) is 23.6 Å². The van der Waals surface area contributed by atoms with Crippen molar-refractivity contribution in [2.75, 3.05) is 30.4 Å². The van der Waals surface area contributed by atoms with Crippen molar-refractivity contribution >= 4 is 56.3 Å². The third-order valence-corrected chi connectivity index (χ3v) is 9.65. The normalized spacial score (nSPS) is 16.4. The van der Waals surface area contributed by atoms with E-state index < -0.39 is 5.54 Å². The third-order valence-electron chi connectivity index (χ3n) is 8.50. The first kappa shape index (κ1) is 31.8. The number of amides is 3. The lowest BCUT2D eigenvalue weighted by Gasteiger charge is -2.34. The lowest BCUT2D eigenvalue weighted by Crippen LogP contribution is -2.48. The van der Waals surface area contributed by atoms with Crippen molar-refractivity contribution in [3.63, 3.8) is 0 Å². The smallest absolute Gasteiger partial charge is 0.331 e. The van der Waals surface area contributed by atoms with Crippen LogP contribution in [0.1, 0.15) is 37.1 Å². The first-order valence-electron chi connectivity index (χ1n) is 15.5. The van der Waals surface area contributed by atoms with E-state index in [9.17, 15) is 14.9 Å². The molecule has 11 heteroatoms. The van der Waals surface area contributed by atoms with Crippen molar-refractivity contribution in [1.82, 2.24) is 20.5 Å². The van der Waals surface area contributed by atoms with Gasteiger partial charge in [-0.1, -0.05) is 24.8 Å². The molecule has 0 spiro atoms. The molecular formula is C36H37N7O3S. The summed E-state index contributed by atoms with van der Waals surface area (Å²) in [7, 11) is 1.79. The number of aromatic nitrogens is 1. The van der Waals surface area contributed by atoms with Gasteiger partial charge in [-0.2, -0.15) is 5.26 Å². The number of aryl methyl sites for hydroxylation is 1. The number of thiophene rings is 1. The van der Waals surface area contributed by atoms with Crippen molar-refractivity contribution in [2.45, 2.75) is 45.2 Å². The highest BCUT2D eigenvalue weighted by Crippen LogP contribution is 2.48. The summed E-state index contributed by atoms with van der Waals surface area (Å²) in [6.45, 7) is 11.1. The van der Waals surface area contributed by atoms with Crippen LogP contribution in [0, 0.1) is 18.3 Å². The highest BCUT2D eigenvalue weighted by Gasteiger charge is 2.33. The van der Waals surface area contributed by atoms with Gasteiger partial charge in [0.15, 0.2) is 0 Å². The second kappa shape index (κ2) is 12.9. The molecule has 3 N–H and O–H groups in total. The van der Waals surface area contributed by atoms with Crippen molar-refractivity contribution in [2.24, 2.45) is 0 Å². The number of nitriles is 1. The summed E-state index contributed by atoms with van der Waals surface area (Å²) in [6, 6.07) is 18.8. The minimum Gasteiger partial charge on any atom is -0.457 e. The van der Waals surface area contributed by atoms with Crippen molar-refractivity contribution < 1.29 is 14.3 Å². The van der Waals surface area contributed by atoms with E-state index in [4.69, 9.17) is 4.74 Å². The average Bonchev–Trinajstić information content (AvgIpc) is 3.44. The van der Waals surface area contributed by atoms with Crippen LogP contribution in [0.4, 0.5) is 21.9 Å². The van der Waals surface area contributed by atoms with E-state index in [1.807, 2.05) is 75.4 Å². The standard InChI is InChI=1S/C36H37N7O3S/c1-22-18-27(46-26-11-7-6-8-12-26)13-14-28(22)43-29-15-16-39-33-30(29)31(41-35(43)45)32(47-33)23(2)40-25-10-9-17-42(21-25)34(44)24(20-37)19-36(3,4)38-5/h6-8,11-16,18-19,25,38,40H,2,9-10,17,21H2,1,3-5H3,(H,41,45)/b24-19+. The van der Waals surface area contributed by atoms with E-state index in [0.717, 1.165) is 50.6 Å². The SMILES string of the molecule is C=C(NC1CCCN(C(=O)/C(C#N)=C/C(C)(C)NC)C1)c1sc2nccc3c2c1NC(=O)N3c1ccc(Oc2ccccc2)cc1C. The molecule has 1 fully saturated rings. The largest absolute Gasteiger partial charge is 0.457 e. The Bertz CT molecular complexity index is 1940. The first-order chi connectivity index (χ1) is 22.6. The second-order valence-electron chi connectivity index (χ2n) is 12.3. The van der Waals surface area contributed by atoms with Crippen LogP contribution in [-0.4, -0.2) is 53.5 Å². The van der Waals surface area contributed by atoms with E-state index in [0.29, 0.717) is 30.2 Å². The van der Waals surface area contributed by atoms with Crippen LogP contribution in [0.5, 0.6) is 11.5 Å². The molecule has 0 bridgehead atoms. The van der Waals surface area contributed by atoms with Gasteiger partial charge in [-0.15, -0.1) is 11.3 Å². The Morgan fingerprint density at radius 3 is 2.70 bits per heavy atom. The lowest BCUT2D eigenvalue weighted by atomic mass is 9.99. The molecular weight excluding hydrogens is 611 g/mol. The zero-order valence-electron chi connectivity index (χ0n) is 26.9. The van der Waals surface area contributed by atoms with E-state index in [1.165, 1.54) is 11.3 Å². The van der Waals surface area contributed by atoms with E-state index in [2.05, 4.69) is 33.6 Å². The Hall–Kier alpha value is -5.18. The Morgan fingerprint density at radius 2 is 1.98 bits per heavy atom. The van der Waals surface area contributed by atoms with Crippen molar-refractivity contribution in [1.29, 1.82) is 5.26 Å². The fourth-order valence-corrected chi connectivity index (χ4v) is 6.99. The number of anilines is 3. The number of likely N-dealkylation sites (tertiary alicyclic amines) is 1. The summed E-state index contributed by atoms with van der Waals surface area (Å²) in [5.41, 5.74) is 3.30. The number of hydrogen-bond donors (Lipinski definition) is 3. The van der Waals surface area contributed by atoms with Gasteiger partial charge < -0.3 is 25.6 Å². The fourth-order valence-electron chi connectivity index (χ4n) is 5.94. The maximum atomic E-state index is 13.8. The average molecular weight is 648 g/mol. The molecule has 47 heavy (non-hydrogen) atoms. The van der Waals surface area contributed by atoms with Crippen LogP contribution >= 0.6 is 11.3 Å². The van der Waals surface area contributed by atoms with Crippen LogP contribution in [0.15, 0.2) is 79.0 Å². The van der Waals surface area contributed by atoms with Gasteiger partial charge in [-0.05, 0) is 88.7 Å². The quantitative estimate of drug-likeness (QED) is 0.131. The topological polar surface area (TPSA) is 123 Å². The van der Waals surface area contributed by atoms with E-state index >= 15 is 0 Å². The Labute approximate surface area is 278 Å². The number of carbonyl (C=O) groups is 2. The predicted molar refractivity (Wildman–Crippen MR) is 187 cm³/mol. The molecule has 1 atom stereocenters. The number of nitrogens with zero attached hydrogens (tertiary/aromatic N) is 4.